The normalized spacial score (nSPS) is 12.0. The monoisotopic (exact) mass is 431 g/mol. The van der Waals surface area contributed by atoms with Gasteiger partial charge in [0.2, 0.25) is 10.0 Å². The maximum absolute atomic E-state index is 12.2. The molecule has 3 aromatic rings. The highest BCUT2D eigenvalue weighted by Crippen LogP contribution is 2.36. The van der Waals surface area contributed by atoms with Gasteiger partial charge in [0.15, 0.2) is 0 Å². The molecule has 2 aromatic heterocycles. The summed E-state index contributed by atoms with van der Waals surface area (Å²) in [7, 11) is -3.77. The van der Waals surface area contributed by atoms with Crippen LogP contribution in [0.5, 0.6) is 0 Å². The van der Waals surface area contributed by atoms with Crippen molar-refractivity contribution in [1.29, 1.82) is 0 Å². The van der Waals surface area contributed by atoms with Crippen LogP contribution < -0.4 is 5.14 Å². The number of primary sulfonamides is 1. The second-order valence-corrected chi connectivity index (χ2v) is 10.7. The molecule has 0 fully saturated rings. The van der Waals surface area contributed by atoms with Crippen LogP contribution in [0, 0.1) is 5.92 Å². The Kier molecular flexibility index (Phi) is 6.93. The summed E-state index contributed by atoms with van der Waals surface area (Å²) in [6.07, 6.45) is 7.88. The number of sulfonamides is 1. The van der Waals surface area contributed by atoms with E-state index in [-0.39, 0.29) is 4.21 Å². The third kappa shape index (κ3) is 5.56. The zero-order valence-electron chi connectivity index (χ0n) is 17.3. The highest BCUT2D eigenvalue weighted by molar-refractivity contribution is 7.91. The van der Waals surface area contributed by atoms with Gasteiger partial charge in [-0.15, -0.1) is 11.3 Å². The third-order valence-corrected chi connectivity index (χ3v) is 7.40. The SMILES string of the molecule is CCCCc1nccn1Cc1cccc(-c2cc(CC(C)C)sc2S(N)(=O)=O)c1. The molecule has 3 rings (SSSR count). The largest absolute Gasteiger partial charge is 0.331 e. The van der Waals surface area contributed by atoms with E-state index in [2.05, 4.69) is 42.5 Å². The summed E-state index contributed by atoms with van der Waals surface area (Å²) in [5.74, 6) is 1.53. The molecule has 1 aromatic carbocycles. The van der Waals surface area contributed by atoms with Crippen molar-refractivity contribution in [2.24, 2.45) is 11.1 Å². The predicted octanol–water partition coefficient (Wildman–Crippen LogP) is 4.85. The number of aromatic nitrogens is 2. The molecule has 0 saturated carbocycles. The first-order chi connectivity index (χ1) is 13.8. The smallest absolute Gasteiger partial charge is 0.248 e. The Morgan fingerprint density at radius 3 is 2.72 bits per heavy atom. The van der Waals surface area contributed by atoms with Crippen molar-refractivity contribution in [3.63, 3.8) is 0 Å². The van der Waals surface area contributed by atoms with E-state index in [1.165, 1.54) is 11.3 Å². The van der Waals surface area contributed by atoms with E-state index >= 15 is 0 Å². The lowest BCUT2D eigenvalue weighted by Crippen LogP contribution is -2.11. The van der Waals surface area contributed by atoms with Gasteiger partial charge < -0.3 is 4.57 Å². The van der Waals surface area contributed by atoms with Gasteiger partial charge in [-0.25, -0.2) is 18.5 Å². The molecule has 0 spiro atoms. The summed E-state index contributed by atoms with van der Waals surface area (Å²) < 4.78 is 26.8. The van der Waals surface area contributed by atoms with Crippen molar-refractivity contribution in [2.45, 2.75) is 57.2 Å². The van der Waals surface area contributed by atoms with Crippen LogP contribution in [0.2, 0.25) is 0 Å². The van der Waals surface area contributed by atoms with Gasteiger partial charge in [0, 0.05) is 35.8 Å². The summed E-state index contributed by atoms with van der Waals surface area (Å²) in [6, 6.07) is 10.0. The fraction of sp³-hybridized carbons (Fsp3) is 0.409. The molecule has 0 aliphatic carbocycles. The Hall–Kier alpha value is -1.96. The van der Waals surface area contributed by atoms with Crippen LogP contribution in [-0.2, 0) is 29.4 Å². The van der Waals surface area contributed by atoms with E-state index in [0.29, 0.717) is 18.0 Å². The van der Waals surface area contributed by atoms with Crippen LogP contribution in [0.3, 0.4) is 0 Å². The van der Waals surface area contributed by atoms with E-state index in [1.54, 1.807) is 0 Å². The Bertz CT molecular complexity index is 1070. The molecule has 0 aliphatic heterocycles. The zero-order valence-corrected chi connectivity index (χ0v) is 18.9. The molecule has 0 atom stereocenters. The number of nitrogens with zero attached hydrogens (tertiary/aromatic N) is 2. The van der Waals surface area contributed by atoms with Gasteiger partial charge in [-0.1, -0.05) is 45.4 Å². The second kappa shape index (κ2) is 9.24. The Labute approximate surface area is 177 Å². The molecule has 7 heteroatoms. The minimum Gasteiger partial charge on any atom is -0.331 e. The van der Waals surface area contributed by atoms with Gasteiger partial charge in [0.1, 0.15) is 10.0 Å². The molecule has 0 saturated heterocycles. The summed E-state index contributed by atoms with van der Waals surface area (Å²) in [4.78, 5) is 5.52. The number of benzene rings is 1. The third-order valence-electron chi connectivity index (χ3n) is 4.76. The zero-order chi connectivity index (χ0) is 21.0. The number of aryl methyl sites for hydroxylation is 1. The minimum atomic E-state index is -3.77. The van der Waals surface area contributed by atoms with Crippen molar-refractivity contribution >= 4 is 21.4 Å². The molecule has 5 nitrogen and oxygen atoms in total. The van der Waals surface area contributed by atoms with Crippen molar-refractivity contribution in [3.05, 3.63) is 59.0 Å². The maximum atomic E-state index is 12.2. The molecular weight excluding hydrogens is 402 g/mol. The second-order valence-electron chi connectivity index (χ2n) is 7.83. The van der Waals surface area contributed by atoms with Crippen LogP contribution in [0.1, 0.15) is 49.9 Å². The lowest BCUT2D eigenvalue weighted by Gasteiger charge is -2.10. The standard InChI is InChI=1S/C22H29N3O2S2/c1-4-5-9-21-24-10-11-25(21)15-17-7-6-8-18(13-17)20-14-19(12-16(2)3)28-22(20)29(23,26)27/h6-8,10-11,13-14,16H,4-5,9,12,15H2,1-3H3,(H2,23,26,27). The predicted molar refractivity (Wildman–Crippen MR) is 120 cm³/mol. The van der Waals surface area contributed by atoms with Crippen molar-refractivity contribution in [3.8, 4) is 11.1 Å². The van der Waals surface area contributed by atoms with Crippen molar-refractivity contribution in [2.75, 3.05) is 0 Å². The van der Waals surface area contributed by atoms with Gasteiger partial charge in [0.05, 0.1) is 0 Å². The first kappa shape index (κ1) is 21.7. The number of unbranched alkanes of at least 4 members (excludes halogenated alkanes) is 1. The molecule has 2 N–H and O–H groups in total. The van der Waals surface area contributed by atoms with Crippen LogP contribution >= 0.6 is 11.3 Å². The molecule has 0 aliphatic rings. The molecular formula is C22H29N3O2S2. The number of nitrogens with two attached hydrogens (primary N) is 1. The summed E-state index contributed by atoms with van der Waals surface area (Å²) in [5, 5.41) is 5.52. The van der Waals surface area contributed by atoms with Gasteiger partial charge in [0.25, 0.3) is 0 Å². The lowest BCUT2D eigenvalue weighted by atomic mass is 10.0. The minimum absolute atomic E-state index is 0.247. The fourth-order valence-corrected chi connectivity index (χ4v) is 5.81. The molecule has 0 bridgehead atoms. The molecule has 0 unspecified atom stereocenters. The number of rotatable bonds is 9. The molecule has 156 valence electrons. The first-order valence-electron chi connectivity index (χ1n) is 10.0. The van der Waals surface area contributed by atoms with Gasteiger partial charge in [-0.3, -0.25) is 0 Å². The Morgan fingerprint density at radius 2 is 2.03 bits per heavy atom. The number of hydrogen-bond acceptors (Lipinski definition) is 4. The highest BCUT2D eigenvalue weighted by Gasteiger charge is 2.20. The van der Waals surface area contributed by atoms with E-state index in [0.717, 1.165) is 47.5 Å². The van der Waals surface area contributed by atoms with Crippen molar-refractivity contribution < 1.29 is 8.42 Å². The summed E-state index contributed by atoms with van der Waals surface area (Å²) in [5.41, 5.74) is 2.69. The van der Waals surface area contributed by atoms with E-state index in [4.69, 9.17) is 5.14 Å². The number of thiophene rings is 1. The van der Waals surface area contributed by atoms with E-state index < -0.39 is 10.0 Å². The Balaban J connectivity index is 1.94. The molecule has 0 amide bonds. The van der Waals surface area contributed by atoms with Crippen LogP contribution in [0.4, 0.5) is 0 Å². The molecule has 2 heterocycles. The van der Waals surface area contributed by atoms with Gasteiger partial charge >= 0.3 is 0 Å². The molecule has 29 heavy (non-hydrogen) atoms. The quantitative estimate of drug-likeness (QED) is 0.526. The van der Waals surface area contributed by atoms with Gasteiger partial charge in [-0.05, 0) is 42.0 Å². The summed E-state index contributed by atoms with van der Waals surface area (Å²) in [6.45, 7) is 7.13. The topological polar surface area (TPSA) is 78.0 Å². The van der Waals surface area contributed by atoms with E-state index in [9.17, 15) is 8.42 Å². The van der Waals surface area contributed by atoms with Gasteiger partial charge in [-0.2, -0.15) is 0 Å². The van der Waals surface area contributed by atoms with Crippen LogP contribution in [0.15, 0.2) is 46.9 Å². The number of imidazole rings is 1. The summed E-state index contributed by atoms with van der Waals surface area (Å²) >= 11 is 1.28. The van der Waals surface area contributed by atoms with E-state index in [1.807, 2.05) is 30.6 Å². The average Bonchev–Trinajstić information content (AvgIpc) is 3.26. The maximum Gasteiger partial charge on any atom is 0.248 e. The highest BCUT2D eigenvalue weighted by atomic mass is 32.2. The van der Waals surface area contributed by atoms with Crippen LogP contribution in [0.25, 0.3) is 11.1 Å². The van der Waals surface area contributed by atoms with Crippen LogP contribution in [-0.4, -0.2) is 18.0 Å². The first-order valence-corrected chi connectivity index (χ1v) is 12.4. The van der Waals surface area contributed by atoms with Crippen molar-refractivity contribution in [1.82, 2.24) is 9.55 Å². The fourth-order valence-electron chi connectivity index (χ4n) is 3.42. The molecule has 0 radical (unpaired) electrons. The Morgan fingerprint density at radius 1 is 1.24 bits per heavy atom. The average molecular weight is 432 g/mol. The number of hydrogen-bond donors (Lipinski definition) is 1. The lowest BCUT2D eigenvalue weighted by molar-refractivity contribution is 0.600.